The first-order valence-electron chi connectivity index (χ1n) is 9.65. The quantitative estimate of drug-likeness (QED) is 0.621. The third-order valence-electron chi connectivity index (χ3n) is 4.77. The van der Waals surface area contributed by atoms with Crippen molar-refractivity contribution < 1.29 is 9.53 Å². The average molecular weight is 380 g/mol. The Morgan fingerprint density at radius 1 is 1.18 bits per heavy atom. The lowest BCUT2D eigenvalue weighted by atomic mass is 10.2. The van der Waals surface area contributed by atoms with Crippen LogP contribution in [0.1, 0.15) is 30.7 Å². The van der Waals surface area contributed by atoms with Gasteiger partial charge in [0.05, 0.1) is 6.10 Å². The van der Waals surface area contributed by atoms with Crippen molar-refractivity contribution in [2.75, 3.05) is 18.5 Å². The van der Waals surface area contributed by atoms with Crippen molar-refractivity contribution in [3.63, 3.8) is 0 Å². The van der Waals surface area contributed by atoms with E-state index in [1.807, 2.05) is 30.3 Å². The number of amides is 1. The minimum absolute atomic E-state index is 0.00870. The van der Waals surface area contributed by atoms with E-state index in [0.29, 0.717) is 37.4 Å². The van der Waals surface area contributed by atoms with E-state index in [1.165, 1.54) is 5.56 Å². The van der Waals surface area contributed by atoms with Crippen molar-refractivity contribution in [2.45, 2.75) is 38.3 Å². The Labute approximate surface area is 163 Å². The fourth-order valence-electron chi connectivity index (χ4n) is 3.22. The summed E-state index contributed by atoms with van der Waals surface area (Å²) in [5.74, 6) is 1.40. The van der Waals surface area contributed by atoms with Crippen LogP contribution in [0.3, 0.4) is 0 Å². The molecule has 3 aromatic rings. The molecule has 8 nitrogen and oxygen atoms in total. The molecule has 0 bridgehead atoms. The molecule has 1 amide bonds. The molecule has 1 fully saturated rings. The van der Waals surface area contributed by atoms with Crippen LogP contribution in [-0.2, 0) is 22.5 Å². The number of aryl methyl sites for hydroxylation is 1. The summed E-state index contributed by atoms with van der Waals surface area (Å²) in [5.41, 5.74) is 1.84. The molecule has 0 spiro atoms. The lowest BCUT2D eigenvalue weighted by Crippen LogP contribution is -2.32. The van der Waals surface area contributed by atoms with Crippen LogP contribution in [0.15, 0.2) is 42.5 Å². The molecule has 1 atom stereocenters. The number of ether oxygens (including phenoxy) is 1. The Bertz CT molecular complexity index is 921. The second-order valence-electron chi connectivity index (χ2n) is 6.88. The van der Waals surface area contributed by atoms with Crippen LogP contribution in [0, 0.1) is 0 Å². The zero-order valence-electron chi connectivity index (χ0n) is 15.7. The molecule has 2 N–H and O–H groups in total. The number of fused-ring (bicyclic) bond motifs is 1. The van der Waals surface area contributed by atoms with Gasteiger partial charge >= 0.3 is 0 Å². The van der Waals surface area contributed by atoms with Crippen molar-refractivity contribution in [3.05, 3.63) is 53.9 Å². The van der Waals surface area contributed by atoms with E-state index in [9.17, 15) is 4.79 Å². The van der Waals surface area contributed by atoms with Gasteiger partial charge in [-0.25, -0.2) is 0 Å². The van der Waals surface area contributed by atoms with Crippen molar-refractivity contribution in [3.8, 4) is 0 Å². The van der Waals surface area contributed by atoms with Crippen molar-refractivity contribution in [2.24, 2.45) is 0 Å². The van der Waals surface area contributed by atoms with Gasteiger partial charge in [-0.1, -0.05) is 30.3 Å². The maximum absolute atomic E-state index is 12.1. The first-order chi connectivity index (χ1) is 13.8. The van der Waals surface area contributed by atoms with E-state index in [-0.39, 0.29) is 12.0 Å². The molecular formula is C20H24N6O2. The van der Waals surface area contributed by atoms with Gasteiger partial charge < -0.3 is 15.4 Å². The summed E-state index contributed by atoms with van der Waals surface area (Å²) < 4.78 is 7.22. The number of nitrogens with one attached hydrogen (secondary N) is 2. The number of benzene rings is 1. The van der Waals surface area contributed by atoms with Gasteiger partial charge in [-0.2, -0.15) is 4.52 Å². The molecule has 28 heavy (non-hydrogen) atoms. The molecule has 146 valence electrons. The highest BCUT2D eigenvalue weighted by molar-refractivity contribution is 5.76. The van der Waals surface area contributed by atoms with Crippen LogP contribution in [0.2, 0.25) is 0 Å². The number of nitrogens with zero attached hydrogens (tertiary/aromatic N) is 4. The van der Waals surface area contributed by atoms with E-state index in [1.54, 1.807) is 4.52 Å². The lowest BCUT2D eigenvalue weighted by molar-refractivity contribution is -0.121. The van der Waals surface area contributed by atoms with E-state index in [2.05, 4.69) is 38.1 Å². The van der Waals surface area contributed by atoms with Crippen LogP contribution in [0.4, 0.5) is 5.82 Å². The summed E-state index contributed by atoms with van der Waals surface area (Å²) in [5, 5.41) is 19.1. The van der Waals surface area contributed by atoms with Gasteiger partial charge in [0.15, 0.2) is 11.5 Å². The van der Waals surface area contributed by atoms with E-state index >= 15 is 0 Å². The maximum Gasteiger partial charge on any atom is 0.220 e. The molecule has 8 heteroatoms. The molecule has 1 aliphatic rings. The SMILES string of the molecule is O=C(CCc1nnc2ccc(NCc3ccccc3)nn12)NC[C@@H]1CCCO1. The van der Waals surface area contributed by atoms with E-state index in [4.69, 9.17) is 4.74 Å². The number of hydrogen-bond donors (Lipinski definition) is 2. The third-order valence-corrected chi connectivity index (χ3v) is 4.77. The molecule has 0 unspecified atom stereocenters. The summed E-state index contributed by atoms with van der Waals surface area (Å²) in [6.07, 6.45) is 3.05. The standard InChI is InChI=1S/C20H24N6O2/c27-20(22-14-16-7-4-12-28-16)11-10-19-24-23-18-9-8-17(25-26(18)19)21-13-15-5-2-1-3-6-15/h1-3,5-6,8-9,16H,4,7,10-14H2,(H,21,25)(H,22,27)/t16-/m0/s1. The Morgan fingerprint density at radius 3 is 2.89 bits per heavy atom. The minimum atomic E-state index is -0.00870. The van der Waals surface area contributed by atoms with Gasteiger partial charge in [0.2, 0.25) is 5.91 Å². The summed E-state index contributed by atoms with van der Waals surface area (Å²) in [6, 6.07) is 13.9. The Balaban J connectivity index is 1.33. The predicted molar refractivity (Wildman–Crippen MR) is 105 cm³/mol. The van der Waals surface area contributed by atoms with Crippen LogP contribution < -0.4 is 10.6 Å². The number of aromatic nitrogens is 4. The van der Waals surface area contributed by atoms with Crippen LogP contribution in [0.25, 0.3) is 5.65 Å². The maximum atomic E-state index is 12.1. The number of carbonyl (C=O) groups is 1. The van der Waals surface area contributed by atoms with E-state index in [0.717, 1.165) is 25.3 Å². The van der Waals surface area contributed by atoms with Crippen molar-refractivity contribution in [1.82, 2.24) is 25.1 Å². The molecule has 0 saturated carbocycles. The number of carbonyl (C=O) groups excluding carboxylic acids is 1. The molecule has 4 rings (SSSR count). The zero-order valence-corrected chi connectivity index (χ0v) is 15.7. The Kier molecular flexibility index (Phi) is 5.77. The highest BCUT2D eigenvalue weighted by Crippen LogP contribution is 2.12. The highest BCUT2D eigenvalue weighted by Gasteiger charge is 2.16. The fourth-order valence-corrected chi connectivity index (χ4v) is 3.22. The average Bonchev–Trinajstić information content (AvgIpc) is 3.39. The van der Waals surface area contributed by atoms with Gasteiger partial charge in [0.25, 0.3) is 0 Å². The molecule has 3 heterocycles. The number of rotatable bonds is 8. The van der Waals surface area contributed by atoms with Crippen LogP contribution >= 0.6 is 0 Å². The highest BCUT2D eigenvalue weighted by atomic mass is 16.5. The van der Waals surface area contributed by atoms with Crippen molar-refractivity contribution >= 4 is 17.4 Å². The summed E-state index contributed by atoms with van der Waals surface area (Å²) in [6.45, 7) is 2.05. The summed E-state index contributed by atoms with van der Waals surface area (Å²) in [7, 11) is 0. The molecule has 1 aromatic carbocycles. The van der Waals surface area contributed by atoms with Crippen LogP contribution in [0.5, 0.6) is 0 Å². The van der Waals surface area contributed by atoms with Crippen LogP contribution in [-0.4, -0.2) is 45.0 Å². The monoisotopic (exact) mass is 380 g/mol. The molecule has 1 saturated heterocycles. The second-order valence-corrected chi connectivity index (χ2v) is 6.88. The zero-order chi connectivity index (χ0) is 19.2. The molecule has 0 aliphatic carbocycles. The number of anilines is 1. The normalized spacial score (nSPS) is 16.4. The van der Waals surface area contributed by atoms with E-state index < -0.39 is 0 Å². The Hall–Kier alpha value is -3.00. The number of hydrogen-bond acceptors (Lipinski definition) is 6. The fraction of sp³-hybridized carbons (Fsp3) is 0.400. The van der Waals surface area contributed by atoms with Gasteiger partial charge in [0.1, 0.15) is 5.82 Å². The molecule has 0 radical (unpaired) electrons. The second kappa shape index (κ2) is 8.79. The topological polar surface area (TPSA) is 93.4 Å². The minimum Gasteiger partial charge on any atom is -0.376 e. The van der Waals surface area contributed by atoms with Crippen molar-refractivity contribution in [1.29, 1.82) is 0 Å². The first-order valence-corrected chi connectivity index (χ1v) is 9.65. The third kappa shape index (κ3) is 4.64. The smallest absolute Gasteiger partial charge is 0.220 e. The van der Waals surface area contributed by atoms with Gasteiger partial charge in [-0.15, -0.1) is 15.3 Å². The summed E-state index contributed by atoms with van der Waals surface area (Å²) >= 11 is 0. The largest absolute Gasteiger partial charge is 0.376 e. The molecule has 2 aromatic heterocycles. The van der Waals surface area contributed by atoms with Gasteiger partial charge in [-0.3, -0.25) is 4.79 Å². The Morgan fingerprint density at radius 2 is 2.07 bits per heavy atom. The molecular weight excluding hydrogens is 356 g/mol. The van der Waals surface area contributed by atoms with Gasteiger partial charge in [0, 0.05) is 32.5 Å². The predicted octanol–water partition coefficient (Wildman–Crippen LogP) is 1.96. The lowest BCUT2D eigenvalue weighted by Gasteiger charge is -2.10. The first kappa shape index (κ1) is 18.4. The van der Waals surface area contributed by atoms with Gasteiger partial charge in [-0.05, 0) is 30.5 Å². The summed E-state index contributed by atoms with van der Waals surface area (Å²) in [4.78, 5) is 12.1. The molecule has 1 aliphatic heterocycles.